The first-order valence-corrected chi connectivity index (χ1v) is 18.6. The smallest absolute Gasteiger partial charge is 0.326 e. The highest BCUT2D eigenvalue weighted by atomic mass is 16.4. The number of carbonyl (C=O) groups excluding carboxylic acids is 6. The van der Waals surface area contributed by atoms with Gasteiger partial charge in [-0.2, -0.15) is 0 Å². The van der Waals surface area contributed by atoms with Crippen LogP contribution in [0.5, 0.6) is 5.75 Å². The number of nitrogens with one attached hydrogen (secondary N) is 6. The van der Waals surface area contributed by atoms with E-state index in [0.29, 0.717) is 44.3 Å². The molecule has 1 heterocycles. The van der Waals surface area contributed by atoms with Gasteiger partial charge in [0, 0.05) is 19.4 Å². The largest absolute Gasteiger partial charge is 0.508 e. The van der Waals surface area contributed by atoms with Gasteiger partial charge in [-0.1, -0.05) is 26.0 Å². The molecule has 14 N–H and O–H groups in total. The molecule has 1 aromatic rings. The third-order valence-corrected chi connectivity index (χ3v) is 8.90. The Bertz CT molecular complexity index is 1410. The van der Waals surface area contributed by atoms with Crippen LogP contribution in [0.3, 0.4) is 0 Å². The van der Waals surface area contributed by atoms with Crippen molar-refractivity contribution < 1.29 is 43.8 Å². The minimum Gasteiger partial charge on any atom is -0.508 e. The van der Waals surface area contributed by atoms with Crippen molar-refractivity contribution in [2.45, 2.75) is 121 Å². The molecule has 2 rings (SSSR count). The Kier molecular flexibility index (Phi) is 20.0. The normalized spacial score (nSPS) is 21.5. The first-order chi connectivity index (χ1) is 25.6. The summed E-state index contributed by atoms with van der Waals surface area (Å²) in [6.45, 7) is 4.19. The summed E-state index contributed by atoms with van der Waals surface area (Å²) < 4.78 is 0. The number of phenolic OH excluding ortho intramolecular Hbond substituents is 1. The fraction of sp³-hybridized carbons (Fsp3) is 0.639. The lowest BCUT2D eigenvalue weighted by Gasteiger charge is -2.28. The molecule has 0 aliphatic carbocycles. The van der Waals surface area contributed by atoms with E-state index in [1.54, 1.807) is 26.0 Å². The predicted octanol–water partition coefficient (Wildman–Crippen LogP) is -1.63. The average Bonchev–Trinajstić information content (AvgIpc) is 3.12. The summed E-state index contributed by atoms with van der Waals surface area (Å²) in [6, 6.07) is -1.34. The molecule has 0 aromatic heterocycles. The molecule has 18 nitrogen and oxygen atoms in total. The second-order valence-electron chi connectivity index (χ2n) is 14.0. The van der Waals surface area contributed by atoms with Gasteiger partial charge in [-0.25, -0.2) is 4.79 Å². The van der Waals surface area contributed by atoms with E-state index >= 15 is 0 Å². The Balaban J connectivity index is 2.46. The number of carboxylic acids is 1. The Hall–Kier alpha value is -4.81. The number of carbonyl (C=O) groups is 7. The fourth-order valence-electron chi connectivity index (χ4n) is 5.79. The van der Waals surface area contributed by atoms with E-state index in [9.17, 15) is 43.8 Å². The zero-order valence-corrected chi connectivity index (χ0v) is 31.2. The minimum absolute atomic E-state index is 0.0261. The van der Waals surface area contributed by atoms with E-state index in [2.05, 4.69) is 31.9 Å². The molecular formula is C36H59N9O9. The molecule has 0 bridgehead atoms. The predicted molar refractivity (Wildman–Crippen MR) is 199 cm³/mol. The second-order valence-corrected chi connectivity index (χ2v) is 14.0. The van der Waals surface area contributed by atoms with Crippen molar-refractivity contribution in [3.8, 4) is 5.75 Å². The first kappa shape index (κ1) is 45.3. The van der Waals surface area contributed by atoms with E-state index in [0.717, 1.165) is 0 Å². The molecule has 1 fully saturated rings. The van der Waals surface area contributed by atoms with Gasteiger partial charge in [0.25, 0.3) is 0 Å². The number of amides is 6. The van der Waals surface area contributed by atoms with E-state index in [1.165, 1.54) is 12.1 Å². The fourth-order valence-corrected chi connectivity index (χ4v) is 5.79. The van der Waals surface area contributed by atoms with Crippen molar-refractivity contribution in [3.63, 3.8) is 0 Å². The summed E-state index contributed by atoms with van der Waals surface area (Å²) in [5, 5.41) is 35.3. The van der Waals surface area contributed by atoms with Crippen molar-refractivity contribution in [2.75, 3.05) is 19.6 Å². The lowest BCUT2D eigenvalue weighted by Crippen LogP contribution is -2.60. The van der Waals surface area contributed by atoms with Gasteiger partial charge in [0.05, 0.1) is 6.04 Å². The summed E-state index contributed by atoms with van der Waals surface area (Å²) in [5.41, 5.74) is 17.9. The molecule has 0 spiro atoms. The molecule has 1 saturated heterocycles. The van der Waals surface area contributed by atoms with Gasteiger partial charge in [0.2, 0.25) is 35.4 Å². The summed E-state index contributed by atoms with van der Waals surface area (Å²) >= 11 is 0. The highest BCUT2D eigenvalue weighted by Crippen LogP contribution is 2.13. The van der Waals surface area contributed by atoms with Crippen LogP contribution < -0.4 is 49.1 Å². The van der Waals surface area contributed by atoms with Crippen LogP contribution in [0.2, 0.25) is 0 Å². The zero-order valence-electron chi connectivity index (χ0n) is 31.2. The summed E-state index contributed by atoms with van der Waals surface area (Å²) in [4.78, 5) is 92.6. The van der Waals surface area contributed by atoms with Gasteiger partial charge >= 0.3 is 5.97 Å². The van der Waals surface area contributed by atoms with Gasteiger partial charge in [0.1, 0.15) is 36.0 Å². The summed E-state index contributed by atoms with van der Waals surface area (Å²) in [5.74, 6) is -5.43. The minimum atomic E-state index is -1.33. The number of aromatic hydroxyl groups is 1. The van der Waals surface area contributed by atoms with Crippen LogP contribution in [0.25, 0.3) is 0 Å². The van der Waals surface area contributed by atoms with Crippen LogP contribution in [0.4, 0.5) is 0 Å². The molecule has 302 valence electrons. The van der Waals surface area contributed by atoms with Crippen LogP contribution in [-0.4, -0.2) is 108 Å². The van der Waals surface area contributed by atoms with Crippen LogP contribution in [0.15, 0.2) is 24.3 Å². The number of nitrogens with two attached hydrogens (primary N) is 3. The van der Waals surface area contributed by atoms with Gasteiger partial charge < -0.3 is 59.3 Å². The van der Waals surface area contributed by atoms with Crippen molar-refractivity contribution in [1.82, 2.24) is 31.9 Å². The van der Waals surface area contributed by atoms with E-state index in [-0.39, 0.29) is 63.2 Å². The van der Waals surface area contributed by atoms with Crippen molar-refractivity contribution in [3.05, 3.63) is 29.8 Å². The number of carboxylic acid groups (broad SMARTS) is 1. The molecule has 18 heteroatoms. The third kappa shape index (κ3) is 16.5. The Morgan fingerprint density at radius 3 is 1.94 bits per heavy atom. The zero-order chi connectivity index (χ0) is 40.2. The third-order valence-electron chi connectivity index (χ3n) is 8.90. The quantitative estimate of drug-likeness (QED) is 0.0798. The molecule has 0 saturated carbocycles. The van der Waals surface area contributed by atoms with Gasteiger partial charge in [-0.3, -0.25) is 28.8 Å². The molecule has 54 heavy (non-hydrogen) atoms. The summed E-state index contributed by atoms with van der Waals surface area (Å²) in [6.07, 6.45) is 2.09. The number of hydrogen-bond acceptors (Lipinski definition) is 11. The van der Waals surface area contributed by atoms with E-state index in [4.69, 9.17) is 17.2 Å². The number of rotatable bonds is 17. The topological polar surface area (TPSA) is 310 Å². The number of hydrogen-bond donors (Lipinski definition) is 11. The molecule has 0 radical (unpaired) electrons. The van der Waals surface area contributed by atoms with Crippen LogP contribution in [-0.2, 0) is 40.0 Å². The van der Waals surface area contributed by atoms with Gasteiger partial charge in [0.15, 0.2) is 0 Å². The van der Waals surface area contributed by atoms with Crippen molar-refractivity contribution in [1.29, 1.82) is 0 Å². The first-order valence-electron chi connectivity index (χ1n) is 18.6. The Labute approximate surface area is 315 Å². The number of unbranched alkanes of at least 4 members (excludes halogenated alkanes) is 2. The molecule has 1 aliphatic heterocycles. The number of aliphatic carboxylic acids is 1. The number of benzene rings is 1. The van der Waals surface area contributed by atoms with Crippen LogP contribution in [0.1, 0.15) is 83.6 Å². The molecule has 6 atom stereocenters. The Morgan fingerprint density at radius 1 is 0.815 bits per heavy atom. The molecule has 6 amide bonds. The maximum atomic E-state index is 14.0. The van der Waals surface area contributed by atoms with Gasteiger partial charge in [-0.05, 0) is 94.5 Å². The maximum Gasteiger partial charge on any atom is 0.326 e. The van der Waals surface area contributed by atoms with Gasteiger partial charge in [-0.15, -0.1) is 0 Å². The van der Waals surface area contributed by atoms with Crippen LogP contribution in [0, 0.1) is 5.92 Å². The summed E-state index contributed by atoms with van der Waals surface area (Å²) in [7, 11) is 0. The Morgan fingerprint density at radius 2 is 1.39 bits per heavy atom. The number of phenols is 1. The van der Waals surface area contributed by atoms with Crippen molar-refractivity contribution >= 4 is 41.4 Å². The highest BCUT2D eigenvalue weighted by Gasteiger charge is 2.33. The van der Waals surface area contributed by atoms with Crippen LogP contribution >= 0.6 is 0 Å². The van der Waals surface area contributed by atoms with E-state index < -0.39 is 77.7 Å². The molecular weight excluding hydrogens is 702 g/mol. The SMILES string of the molecule is CC(C)C[C@H](NC(=O)[C@H](Cc1ccc(O)cc1)NC(=O)[C@@H]1CCNC(=O)CC[C@H](N)C(=O)N[C@@H](CCCCN)C(=O)N[C@@H](CCCCN)C(=O)N1)C(=O)O. The standard InChI is InChI=1S/C36H59N9O9/c1-21(2)19-29(36(53)54)45-35(52)28(20-22-9-11-23(46)12-10-22)44-34(51)27-15-18-40-30(47)14-13-24(39)31(48)41-25(7-3-5-16-37)32(49)42-26(33(50)43-27)8-4-6-17-38/h9-12,21,24-29,46H,3-8,13-20,37-39H2,1-2H3,(H,40,47)(H,41,48)(H,42,49)(H,43,50)(H,44,51)(H,45,52)(H,53,54)/t24-,25-,26-,27-,28-,29-/m0/s1. The average molecular weight is 762 g/mol. The second kappa shape index (κ2) is 23.8. The van der Waals surface area contributed by atoms with E-state index in [1.807, 2.05) is 0 Å². The molecule has 0 unspecified atom stereocenters. The lowest BCUT2D eigenvalue weighted by molar-refractivity contribution is -0.142. The maximum absolute atomic E-state index is 14.0. The highest BCUT2D eigenvalue weighted by molar-refractivity contribution is 5.96. The monoisotopic (exact) mass is 761 g/mol. The van der Waals surface area contributed by atoms with Crippen molar-refractivity contribution in [2.24, 2.45) is 23.1 Å². The molecule has 1 aliphatic rings. The lowest BCUT2D eigenvalue weighted by atomic mass is 10.0. The molecule has 1 aromatic carbocycles.